The number of nitrogens with two attached hydrogens (primary N) is 1. The molecule has 0 aromatic heterocycles. The number of carbonyl (C=O) groups is 2. The Hall–Kier alpha value is -2.11. The van der Waals surface area contributed by atoms with Gasteiger partial charge < -0.3 is 15.4 Å². The number of likely N-dealkylation sites (N-methyl/N-ethyl adjacent to an activating group) is 1. The molecule has 6 heteroatoms. The van der Waals surface area contributed by atoms with Crippen LogP contribution >= 0.6 is 0 Å². The van der Waals surface area contributed by atoms with Crippen molar-refractivity contribution in [2.75, 3.05) is 25.4 Å². The Labute approximate surface area is 111 Å². The molecule has 1 amide bonds. The lowest BCUT2D eigenvalue weighted by Crippen LogP contribution is -2.34. The molecule has 0 heterocycles. The fourth-order valence-electron chi connectivity index (χ4n) is 1.58. The predicted octanol–water partition coefficient (Wildman–Crippen LogP) is 1.43. The highest BCUT2D eigenvalue weighted by Crippen LogP contribution is 2.14. The van der Waals surface area contributed by atoms with Gasteiger partial charge in [0.25, 0.3) is 5.91 Å². The number of hydrogen-bond donors (Lipinski definition) is 1. The smallest absolute Gasteiger partial charge is 0.340 e. The number of rotatable bonds is 5. The number of hydrogen-bond acceptors (Lipinski definition) is 4. The van der Waals surface area contributed by atoms with E-state index in [1.165, 1.54) is 11.0 Å². The first-order valence-electron chi connectivity index (χ1n) is 5.99. The summed E-state index contributed by atoms with van der Waals surface area (Å²) in [5.74, 6) is -1.69. The quantitative estimate of drug-likeness (QED) is 0.647. The number of halogens is 1. The van der Waals surface area contributed by atoms with Gasteiger partial charge in [-0.1, -0.05) is 0 Å². The van der Waals surface area contributed by atoms with Crippen LogP contribution in [0, 0.1) is 5.82 Å². The third-order valence-corrected chi connectivity index (χ3v) is 2.68. The number of anilines is 1. The van der Waals surface area contributed by atoms with Crippen LogP contribution in [0.2, 0.25) is 0 Å². The average Bonchev–Trinajstić information content (AvgIpc) is 2.40. The fourth-order valence-corrected chi connectivity index (χ4v) is 1.58. The van der Waals surface area contributed by atoms with Crippen molar-refractivity contribution in [1.29, 1.82) is 0 Å². The van der Waals surface area contributed by atoms with Gasteiger partial charge in [0.1, 0.15) is 5.82 Å². The first kappa shape index (κ1) is 14.9. The van der Waals surface area contributed by atoms with E-state index >= 15 is 0 Å². The van der Waals surface area contributed by atoms with Crippen molar-refractivity contribution < 1.29 is 18.7 Å². The molecule has 5 nitrogen and oxygen atoms in total. The molecular weight excluding hydrogens is 251 g/mol. The minimum Gasteiger partial charge on any atom is -0.452 e. The van der Waals surface area contributed by atoms with Crippen LogP contribution in [0.25, 0.3) is 0 Å². The first-order chi connectivity index (χ1) is 8.99. The summed E-state index contributed by atoms with van der Waals surface area (Å²) >= 11 is 0. The van der Waals surface area contributed by atoms with E-state index in [1.807, 2.05) is 13.8 Å². The summed E-state index contributed by atoms with van der Waals surface area (Å²) in [7, 11) is 0. The maximum absolute atomic E-state index is 13.0. The summed E-state index contributed by atoms with van der Waals surface area (Å²) in [6, 6.07) is 3.41. The number of benzene rings is 1. The Bertz CT molecular complexity index is 473. The topological polar surface area (TPSA) is 72.6 Å². The zero-order valence-electron chi connectivity index (χ0n) is 11.0. The molecule has 0 unspecified atom stereocenters. The molecule has 0 aliphatic heterocycles. The molecule has 0 aliphatic carbocycles. The van der Waals surface area contributed by atoms with Crippen molar-refractivity contribution in [3.8, 4) is 0 Å². The molecule has 0 atom stereocenters. The normalized spacial score (nSPS) is 10.1. The summed E-state index contributed by atoms with van der Waals surface area (Å²) in [6.07, 6.45) is 0. The van der Waals surface area contributed by atoms with Crippen LogP contribution in [0.3, 0.4) is 0 Å². The van der Waals surface area contributed by atoms with Gasteiger partial charge in [0, 0.05) is 18.8 Å². The van der Waals surface area contributed by atoms with Gasteiger partial charge in [0.05, 0.1) is 5.56 Å². The lowest BCUT2D eigenvalue weighted by molar-refractivity contribution is -0.134. The highest BCUT2D eigenvalue weighted by Gasteiger charge is 2.16. The summed E-state index contributed by atoms with van der Waals surface area (Å²) in [5, 5.41) is 0. The van der Waals surface area contributed by atoms with Crippen LogP contribution in [0.4, 0.5) is 10.1 Å². The monoisotopic (exact) mass is 268 g/mol. The maximum atomic E-state index is 13.0. The highest BCUT2D eigenvalue weighted by atomic mass is 19.1. The van der Waals surface area contributed by atoms with E-state index in [9.17, 15) is 14.0 Å². The van der Waals surface area contributed by atoms with E-state index in [0.29, 0.717) is 13.1 Å². The molecule has 0 bridgehead atoms. The summed E-state index contributed by atoms with van der Waals surface area (Å²) in [5.41, 5.74) is 5.58. The van der Waals surface area contributed by atoms with E-state index < -0.39 is 11.8 Å². The highest BCUT2D eigenvalue weighted by molar-refractivity contribution is 5.96. The van der Waals surface area contributed by atoms with Crippen molar-refractivity contribution >= 4 is 17.6 Å². The van der Waals surface area contributed by atoms with Crippen LogP contribution in [0.5, 0.6) is 0 Å². The molecule has 0 fully saturated rings. The number of amides is 1. The minimum absolute atomic E-state index is 0.0765. The SMILES string of the molecule is CCN(CC)C(=O)COC(=O)c1cc(F)ccc1N. The first-order valence-corrected chi connectivity index (χ1v) is 5.99. The number of nitrogen functional groups attached to an aromatic ring is 1. The van der Waals surface area contributed by atoms with Gasteiger partial charge in [0.2, 0.25) is 0 Å². The van der Waals surface area contributed by atoms with Crippen molar-refractivity contribution in [3.63, 3.8) is 0 Å². The lowest BCUT2D eigenvalue weighted by Gasteiger charge is -2.18. The van der Waals surface area contributed by atoms with Crippen molar-refractivity contribution in [3.05, 3.63) is 29.6 Å². The van der Waals surface area contributed by atoms with Gasteiger partial charge in [-0.05, 0) is 32.0 Å². The Balaban J connectivity index is 2.65. The summed E-state index contributed by atoms with van der Waals surface area (Å²) < 4.78 is 17.8. The molecule has 0 saturated heterocycles. The molecule has 104 valence electrons. The Morgan fingerprint density at radius 2 is 1.95 bits per heavy atom. The molecule has 1 aromatic rings. The van der Waals surface area contributed by atoms with E-state index in [-0.39, 0.29) is 23.8 Å². The molecule has 0 saturated carbocycles. The molecule has 0 radical (unpaired) electrons. The third-order valence-electron chi connectivity index (χ3n) is 2.68. The Morgan fingerprint density at radius 1 is 1.32 bits per heavy atom. The Kier molecular flexibility index (Phi) is 5.29. The Morgan fingerprint density at radius 3 is 2.53 bits per heavy atom. The second kappa shape index (κ2) is 6.72. The number of esters is 1. The molecule has 0 aliphatic rings. The largest absolute Gasteiger partial charge is 0.452 e. The lowest BCUT2D eigenvalue weighted by atomic mass is 10.2. The van der Waals surface area contributed by atoms with Crippen molar-refractivity contribution in [2.45, 2.75) is 13.8 Å². The van der Waals surface area contributed by atoms with Gasteiger partial charge in [-0.2, -0.15) is 0 Å². The second-order valence-corrected chi connectivity index (χ2v) is 3.87. The fraction of sp³-hybridized carbons (Fsp3) is 0.385. The van der Waals surface area contributed by atoms with E-state index in [2.05, 4.69) is 0 Å². The van der Waals surface area contributed by atoms with Crippen LogP contribution in [-0.2, 0) is 9.53 Å². The minimum atomic E-state index is -0.808. The zero-order chi connectivity index (χ0) is 14.4. The third kappa shape index (κ3) is 3.94. The van der Waals surface area contributed by atoms with Gasteiger partial charge in [-0.15, -0.1) is 0 Å². The molecule has 0 spiro atoms. The second-order valence-electron chi connectivity index (χ2n) is 3.87. The average molecular weight is 268 g/mol. The van der Waals surface area contributed by atoms with E-state index in [0.717, 1.165) is 12.1 Å². The number of ether oxygens (including phenoxy) is 1. The van der Waals surface area contributed by atoms with Crippen LogP contribution in [0.15, 0.2) is 18.2 Å². The molecule has 1 rings (SSSR count). The van der Waals surface area contributed by atoms with E-state index in [1.54, 1.807) is 0 Å². The molecule has 1 aromatic carbocycles. The summed E-state index contributed by atoms with van der Waals surface area (Å²) in [4.78, 5) is 24.8. The van der Waals surface area contributed by atoms with E-state index in [4.69, 9.17) is 10.5 Å². The van der Waals surface area contributed by atoms with Gasteiger partial charge in [0.15, 0.2) is 6.61 Å². The van der Waals surface area contributed by atoms with Crippen LogP contribution in [0.1, 0.15) is 24.2 Å². The van der Waals surface area contributed by atoms with Crippen molar-refractivity contribution in [2.24, 2.45) is 0 Å². The van der Waals surface area contributed by atoms with Gasteiger partial charge in [-0.3, -0.25) is 4.79 Å². The van der Waals surface area contributed by atoms with Crippen molar-refractivity contribution in [1.82, 2.24) is 4.90 Å². The number of carbonyl (C=O) groups excluding carboxylic acids is 2. The van der Waals surface area contributed by atoms with Gasteiger partial charge in [-0.25, -0.2) is 9.18 Å². The van der Waals surface area contributed by atoms with Crippen LogP contribution in [-0.4, -0.2) is 36.5 Å². The standard InChI is InChI=1S/C13H17FN2O3/c1-3-16(4-2)12(17)8-19-13(18)10-7-9(14)5-6-11(10)15/h5-7H,3-4,8,15H2,1-2H3. The zero-order valence-corrected chi connectivity index (χ0v) is 11.0. The molecular formula is C13H17FN2O3. The predicted molar refractivity (Wildman–Crippen MR) is 69.0 cm³/mol. The molecule has 2 N–H and O–H groups in total. The molecule has 19 heavy (non-hydrogen) atoms. The van der Waals surface area contributed by atoms with Gasteiger partial charge >= 0.3 is 5.97 Å². The maximum Gasteiger partial charge on any atom is 0.340 e. The number of nitrogens with zero attached hydrogens (tertiary/aromatic N) is 1. The summed E-state index contributed by atoms with van der Waals surface area (Å²) in [6.45, 7) is 4.35. The van der Waals surface area contributed by atoms with Crippen LogP contribution < -0.4 is 5.73 Å².